The highest BCUT2D eigenvalue weighted by Gasteiger charge is 2.32. The third-order valence-corrected chi connectivity index (χ3v) is 13.3. The van der Waals surface area contributed by atoms with E-state index in [0.29, 0.717) is 48.7 Å². The first kappa shape index (κ1) is 49.5. The van der Waals surface area contributed by atoms with Crippen LogP contribution in [-0.2, 0) is 41.6 Å². The van der Waals surface area contributed by atoms with Gasteiger partial charge in [-0.3, -0.25) is 4.18 Å². The SMILES string of the molecule is C=CCOC[C@H](COS(=O)(=O)c1ccc(C)cc1)Oc1ccc(-c2c(-c3ccc(F)cc3)sc3ncnc(OC(Cc4cc(O)ccc4OCc4ccccc4)C(=O)OC(C)(C)C)c23)c(C)c1Cl. The van der Waals surface area contributed by atoms with Crippen LogP contribution in [0.25, 0.3) is 31.8 Å². The van der Waals surface area contributed by atoms with Gasteiger partial charge in [0, 0.05) is 22.4 Å². The summed E-state index contributed by atoms with van der Waals surface area (Å²) in [6, 6.07) is 29.9. The number of aromatic hydroxyl groups is 1. The first-order valence-electron chi connectivity index (χ1n) is 21.5. The van der Waals surface area contributed by atoms with Crippen molar-refractivity contribution in [2.75, 3.05) is 19.8 Å². The summed E-state index contributed by atoms with van der Waals surface area (Å²) in [5.41, 5.74) is 3.76. The number of esters is 1. The lowest BCUT2D eigenvalue weighted by atomic mass is 9.96. The predicted octanol–water partition coefficient (Wildman–Crippen LogP) is 11.4. The average molecular weight is 982 g/mol. The van der Waals surface area contributed by atoms with Gasteiger partial charge in [-0.15, -0.1) is 17.9 Å². The topological polar surface area (TPSA) is 153 Å². The van der Waals surface area contributed by atoms with Crippen LogP contribution < -0.4 is 14.2 Å². The molecule has 0 saturated carbocycles. The molecule has 12 nitrogen and oxygen atoms in total. The summed E-state index contributed by atoms with van der Waals surface area (Å²) in [6.07, 6.45) is 0.554. The van der Waals surface area contributed by atoms with E-state index in [0.717, 1.165) is 11.1 Å². The van der Waals surface area contributed by atoms with Gasteiger partial charge in [0.2, 0.25) is 12.0 Å². The van der Waals surface area contributed by atoms with Gasteiger partial charge >= 0.3 is 5.97 Å². The Morgan fingerprint density at radius 1 is 0.912 bits per heavy atom. The van der Waals surface area contributed by atoms with Crippen molar-refractivity contribution >= 4 is 49.2 Å². The Hall–Kier alpha value is -6.36. The molecule has 0 aliphatic carbocycles. The van der Waals surface area contributed by atoms with Gasteiger partial charge in [-0.25, -0.2) is 19.2 Å². The third kappa shape index (κ3) is 12.4. The first-order valence-corrected chi connectivity index (χ1v) is 24.1. The third-order valence-electron chi connectivity index (χ3n) is 10.3. The van der Waals surface area contributed by atoms with Gasteiger partial charge in [0.25, 0.3) is 10.1 Å². The van der Waals surface area contributed by atoms with Gasteiger partial charge in [0.05, 0.1) is 28.5 Å². The molecular weight excluding hydrogens is 931 g/mol. The number of phenolic OH excluding ortho intramolecular Hbond substituents is 1. The number of phenols is 1. The van der Waals surface area contributed by atoms with Crippen LogP contribution >= 0.6 is 22.9 Å². The molecule has 0 spiro atoms. The lowest BCUT2D eigenvalue weighted by Crippen LogP contribution is -2.37. The van der Waals surface area contributed by atoms with E-state index < -0.39 is 46.3 Å². The summed E-state index contributed by atoms with van der Waals surface area (Å²) in [4.78, 5) is 24.5. The predicted molar refractivity (Wildman–Crippen MR) is 261 cm³/mol. The number of rotatable bonds is 20. The van der Waals surface area contributed by atoms with E-state index >= 15 is 0 Å². The lowest BCUT2D eigenvalue weighted by molar-refractivity contribution is -0.163. The van der Waals surface area contributed by atoms with Crippen LogP contribution in [0.3, 0.4) is 0 Å². The maximum atomic E-state index is 14.4. The van der Waals surface area contributed by atoms with Crippen LogP contribution in [0, 0.1) is 19.7 Å². The Balaban J connectivity index is 1.28. The Bertz CT molecular complexity index is 3000. The number of thiophene rings is 1. The summed E-state index contributed by atoms with van der Waals surface area (Å²) in [5, 5.41) is 11.3. The van der Waals surface area contributed by atoms with Crippen LogP contribution in [0.5, 0.6) is 23.1 Å². The number of hydrogen-bond donors (Lipinski definition) is 1. The van der Waals surface area contributed by atoms with Crippen molar-refractivity contribution in [3.63, 3.8) is 0 Å². The van der Waals surface area contributed by atoms with Gasteiger partial charge in [0.1, 0.15) is 59.1 Å². The summed E-state index contributed by atoms with van der Waals surface area (Å²) in [5.74, 6) is -0.484. The van der Waals surface area contributed by atoms with Crippen LogP contribution in [0.1, 0.15) is 43.0 Å². The molecule has 2 heterocycles. The van der Waals surface area contributed by atoms with Crippen molar-refractivity contribution in [1.82, 2.24) is 9.97 Å². The van der Waals surface area contributed by atoms with E-state index in [1.165, 1.54) is 54.1 Å². The van der Waals surface area contributed by atoms with E-state index in [9.17, 15) is 22.7 Å². The van der Waals surface area contributed by atoms with E-state index in [-0.39, 0.29) is 53.5 Å². The number of carbonyl (C=O) groups is 1. The average Bonchev–Trinajstić information content (AvgIpc) is 3.69. The molecule has 354 valence electrons. The minimum absolute atomic E-state index is 0.00579. The normalized spacial score (nSPS) is 12.6. The molecule has 7 rings (SSSR count). The first-order chi connectivity index (χ1) is 32.5. The molecule has 0 bridgehead atoms. The van der Waals surface area contributed by atoms with Gasteiger partial charge in [0.15, 0.2) is 0 Å². The zero-order valence-corrected chi connectivity index (χ0v) is 40.4. The molecule has 0 fully saturated rings. The van der Waals surface area contributed by atoms with Crippen molar-refractivity contribution in [3.05, 3.63) is 161 Å². The molecule has 5 aromatic carbocycles. The molecule has 16 heteroatoms. The highest BCUT2D eigenvalue weighted by molar-refractivity contribution is 7.86. The fraction of sp³-hybridized carbons (Fsp3) is 0.250. The number of carbonyl (C=O) groups excluding carboxylic acids is 1. The number of benzene rings is 5. The van der Waals surface area contributed by atoms with Gasteiger partial charge in [-0.1, -0.05) is 83.9 Å². The number of hydrogen-bond acceptors (Lipinski definition) is 13. The zero-order chi connectivity index (χ0) is 48.6. The van der Waals surface area contributed by atoms with Crippen molar-refractivity contribution < 1.29 is 50.6 Å². The molecule has 2 atom stereocenters. The number of halogens is 2. The molecule has 7 aromatic rings. The molecule has 0 aliphatic rings. The van der Waals surface area contributed by atoms with Crippen molar-refractivity contribution in [3.8, 4) is 44.7 Å². The summed E-state index contributed by atoms with van der Waals surface area (Å²) >= 11 is 8.46. The molecule has 2 aromatic heterocycles. The van der Waals surface area contributed by atoms with Crippen LogP contribution in [0.2, 0.25) is 5.02 Å². The molecule has 0 amide bonds. The van der Waals surface area contributed by atoms with E-state index in [1.807, 2.05) is 37.3 Å². The fourth-order valence-corrected chi connectivity index (χ4v) is 9.37. The Labute approximate surface area is 404 Å². The number of aromatic nitrogens is 2. The lowest BCUT2D eigenvalue weighted by Gasteiger charge is -2.25. The second-order valence-corrected chi connectivity index (χ2v) is 19.7. The minimum Gasteiger partial charge on any atom is -0.508 e. The molecule has 0 aliphatic heterocycles. The molecule has 1 N–H and O–H groups in total. The quantitative estimate of drug-likeness (QED) is 0.0335. The van der Waals surface area contributed by atoms with E-state index in [4.69, 9.17) is 39.5 Å². The zero-order valence-electron chi connectivity index (χ0n) is 38.0. The highest BCUT2D eigenvalue weighted by atomic mass is 35.5. The molecular formula is C52H50ClFN2O10S2. The molecule has 0 saturated heterocycles. The highest BCUT2D eigenvalue weighted by Crippen LogP contribution is 2.49. The minimum atomic E-state index is -4.15. The van der Waals surface area contributed by atoms with Crippen LogP contribution in [0.15, 0.2) is 133 Å². The largest absolute Gasteiger partial charge is 0.508 e. The number of nitrogens with zero attached hydrogens (tertiary/aromatic N) is 2. The number of fused-ring (bicyclic) bond motifs is 1. The maximum Gasteiger partial charge on any atom is 0.348 e. The number of ether oxygens (including phenoxy) is 5. The van der Waals surface area contributed by atoms with E-state index in [1.54, 1.807) is 76.2 Å². The van der Waals surface area contributed by atoms with Gasteiger partial charge in [-0.05, 0) is 105 Å². The van der Waals surface area contributed by atoms with Crippen LogP contribution in [-0.4, -0.2) is 67.1 Å². The van der Waals surface area contributed by atoms with Crippen molar-refractivity contribution in [1.29, 1.82) is 0 Å². The molecule has 1 unspecified atom stereocenters. The Kier molecular flexibility index (Phi) is 15.8. The van der Waals surface area contributed by atoms with Gasteiger partial charge < -0.3 is 28.8 Å². The Morgan fingerprint density at radius 3 is 2.34 bits per heavy atom. The van der Waals surface area contributed by atoms with Crippen molar-refractivity contribution in [2.45, 2.75) is 70.4 Å². The summed E-state index contributed by atoms with van der Waals surface area (Å²) in [6.45, 7) is 12.5. The van der Waals surface area contributed by atoms with Gasteiger partial charge in [-0.2, -0.15) is 8.42 Å². The summed E-state index contributed by atoms with van der Waals surface area (Å²) in [7, 11) is -4.15. The standard InChI is InChI=1S/C52H50ClFN2O10S2/c1-7-25-61-29-39(30-63-68(59,60)40-20-13-32(2)14-21-40)64-43-24-22-41(33(3)47(43)53)45-46-49(55-31-56-50(46)67-48(45)35-15-17-37(54)18-16-35)65-44(51(58)66-52(4,5)6)27-36-26-38(57)19-23-42(36)62-28-34-11-9-8-10-12-34/h7-24,26,31,39,44,57H,1,25,27-30H2,2-6H3/t39-,44?/m1/s1. The second kappa shape index (κ2) is 21.7. The maximum absolute atomic E-state index is 14.4. The monoisotopic (exact) mass is 980 g/mol. The number of aryl methyl sites for hydroxylation is 1. The van der Waals surface area contributed by atoms with E-state index in [2.05, 4.69) is 16.5 Å². The second-order valence-electron chi connectivity index (χ2n) is 16.8. The fourth-order valence-electron chi connectivity index (χ4n) is 7.07. The molecule has 68 heavy (non-hydrogen) atoms. The van der Waals surface area contributed by atoms with Crippen LogP contribution in [0.4, 0.5) is 4.39 Å². The molecule has 0 radical (unpaired) electrons. The smallest absolute Gasteiger partial charge is 0.348 e. The summed E-state index contributed by atoms with van der Waals surface area (Å²) < 4.78 is 76.9. The Morgan fingerprint density at radius 2 is 1.63 bits per heavy atom. The van der Waals surface area contributed by atoms with Crippen molar-refractivity contribution in [2.24, 2.45) is 0 Å².